The zero-order chi connectivity index (χ0) is 13.9. The molecule has 1 saturated heterocycles. The van der Waals surface area contributed by atoms with Gasteiger partial charge < -0.3 is 15.0 Å². The monoisotopic (exact) mass is 278 g/mol. The molecule has 2 fully saturated rings. The van der Waals surface area contributed by atoms with Gasteiger partial charge in [-0.2, -0.15) is 0 Å². The first-order valence-corrected chi connectivity index (χ1v) is 7.57. The lowest BCUT2D eigenvalue weighted by Gasteiger charge is -2.25. The van der Waals surface area contributed by atoms with Crippen LogP contribution in [0, 0.1) is 5.82 Å². The van der Waals surface area contributed by atoms with Gasteiger partial charge in [0.2, 0.25) is 0 Å². The number of halogens is 1. The Morgan fingerprint density at radius 1 is 1.35 bits per heavy atom. The standard InChI is InChI=1S/C16H23FN2O/c1-19(11-14-5-3-9-20-14)16-12(4-2-6-15(16)17)10-18-13-7-8-13/h2,4,6,13-14,18H,3,5,7-11H2,1H3. The minimum atomic E-state index is -0.138. The normalized spacial score (nSPS) is 22.2. The predicted octanol–water partition coefficient (Wildman–Crippen LogP) is 2.69. The largest absolute Gasteiger partial charge is 0.376 e. The smallest absolute Gasteiger partial charge is 0.146 e. The number of nitrogens with zero attached hydrogens (tertiary/aromatic N) is 1. The zero-order valence-corrected chi connectivity index (χ0v) is 12.1. The van der Waals surface area contributed by atoms with E-state index in [1.807, 2.05) is 18.0 Å². The van der Waals surface area contributed by atoms with E-state index >= 15 is 0 Å². The van der Waals surface area contributed by atoms with Gasteiger partial charge in [-0.15, -0.1) is 0 Å². The molecule has 1 aliphatic carbocycles. The van der Waals surface area contributed by atoms with Crippen LogP contribution in [0.1, 0.15) is 31.2 Å². The van der Waals surface area contributed by atoms with Crippen molar-refractivity contribution in [3.05, 3.63) is 29.6 Å². The summed E-state index contributed by atoms with van der Waals surface area (Å²) in [5.74, 6) is -0.138. The summed E-state index contributed by atoms with van der Waals surface area (Å²) in [5, 5.41) is 3.46. The summed E-state index contributed by atoms with van der Waals surface area (Å²) in [6, 6.07) is 5.99. The van der Waals surface area contributed by atoms with Crippen molar-refractivity contribution in [2.75, 3.05) is 25.1 Å². The molecular weight excluding hydrogens is 255 g/mol. The first kappa shape index (κ1) is 13.8. The maximum Gasteiger partial charge on any atom is 0.146 e. The minimum absolute atomic E-state index is 0.138. The number of anilines is 1. The average molecular weight is 278 g/mol. The van der Waals surface area contributed by atoms with Gasteiger partial charge in [0.15, 0.2) is 0 Å². The number of hydrogen-bond donors (Lipinski definition) is 1. The highest BCUT2D eigenvalue weighted by molar-refractivity contribution is 5.54. The summed E-state index contributed by atoms with van der Waals surface area (Å²) in [7, 11) is 1.96. The van der Waals surface area contributed by atoms with E-state index in [2.05, 4.69) is 5.32 Å². The SMILES string of the molecule is CN(CC1CCCO1)c1c(F)cccc1CNC1CC1. The lowest BCUT2D eigenvalue weighted by molar-refractivity contribution is 0.116. The predicted molar refractivity (Wildman–Crippen MR) is 78.5 cm³/mol. The summed E-state index contributed by atoms with van der Waals surface area (Å²) < 4.78 is 19.9. The highest BCUT2D eigenvalue weighted by atomic mass is 19.1. The number of hydrogen-bond acceptors (Lipinski definition) is 3. The van der Waals surface area contributed by atoms with Crippen molar-refractivity contribution in [3.63, 3.8) is 0 Å². The highest BCUT2D eigenvalue weighted by Gasteiger charge is 2.23. The molecular formula is C16H23FN2O. The molecule has 110 valence electrons. The molecule has 1 aromatic rings. The number of benzene rings is 1. The van der Waals surface area contributed by atoms with Crippen LogP contribution < -0.4 is 10.2 Å². The first-order chi connectivity index (χ1) is 9.74. The van der Waals surface area contributed by atoms with Crippen molar-refractivity contribution in [3.8, 4) is 0 Å². The Morgan fingerprint density at radius 2 is 2.20 bits per heavy atom. The molecule has 2 aliphatic rings. The fourth-order valence-electron chi connectivity index (χ4n) is 2.86. The minimum Gasteiger partial charge on any atom is -0.376 e. The Kier molecular flexibility index (Phi) is 4.22. The van der Waals surface area contributed by atoms with Crippen molar-refractivity contribution in [1.29, 1.82) is 0 Å². The maximum atomic E-state index is 14.2. The van der Waals surface area contributed by atoms with Crippen molar-refractivity contribution in [2.45, 2.75) is 44.4 Å². The molecule has 4 heteroatoms. The van der Waals surface area contributed by atoms with Gasteiger partial charge in [-0.1, -0.05) is 12.1 Å². The molecule has 1 aliphatic heterocycles. The van der Waals surface area contributed by atoms with Crippen LogP contribution in [0.25, 0.3) is 0 Å². The van der Waals surface area contributed by atoms with E-state index in [1.165, 1.54) is 12.8 Å². The molecule has 0 bridgehead atoms. The Balaban J connectivity index is 1.70. The second-order valence-electron chi connectivity index (χ2n) is 5.92. The lowest BCUT2D eigenvalue weighted by atomic mass is 10.1. The van der Waals surface area contributed by atoms with Crippen LogP contribution in [0.4, 0.5) is 10.1 Å². The molecule has 1 heterocycles. The Morgan fingerprint density at radius 3 is 2.90 bits per heavy atom. The molecule has 3 rings (SSSR count). The summed E-state index contributed by atoms with van der Waals surface area (Å²) in [4.78, 5) is 2.01. The van der Waals surface area contributed by atoms with Gasteiger partial charge in [-0.3, -0.25) is 0 Å². The van der Waals surface area contributed by atoms with Gasteiger partial charge in [0, 0.05) is 32.8 Å². The number of nitrogens with one attached hydrogen (secondary N) is 1. The third kappa shape index (κ3) is 3.30. The molecule has 1 atom stereocenters. The fraction of sp³-hybridized carbons (Fsp3) is 0.625. The second-order valence-corrected chi connectivity index (χ2v) is 5.92. The maximum absolute atomic E-state index is 14.2. The van der Waals surface area contributed by atoms with Gasteiger partial charge >= 0.3 is 0 Å². The molecule has 0 radical (unpaired) electrons. The topological polar surface area (TPSA) is 24.5 Å². The van der Waals surface area contributed by atoms with Crippen LogP contribution in [0.15, 0.2) is 18.2 Å². The van der Waals surface area contributed by atoms with Crippen molar-refractivity contribution < 1.29 is 9.13 Å². The van der Waals surface area contributed by atoms with E-state index in [4.69, 9.17) is 4.74 Å². The summed E-state index contributed by atoms with van der Waals surface area (Å²) in [6.45, 7) is 2.34. The van der Waals surface area contributed by atoms with Crippen LogP contribution in [0.2, 0.25) is 0 Å². The zero-order valence-electron chi connectivity index (χ0n) is 12.1. The van der Waals surface area contributed by atoms with E-state index in [0.717, 1.165) is 43.8 Å². The highest BCUT2D eigenvalue weighted by Crippen LogP contribution is 2.27. The van der Waals surface area contributed by atoms with Crippen LogP contribution in [-0.2, 0) is 11.3 Å². The molecule has 0 aromatic heterocycles. The van der Waals surface area contributed by atoms with Crippen LogP contribution in [0.5, 0.6) is 0 Å². The van der Waals surface area contributed by atoms with Crippen molar-refractivity contribution in [2.24, 2.45) is 0 Å². The summed E-state index contributed by atoms with van der Waals surface area (Å²) in [6.07, 6.45) is 4.93. The summed E-state index contributed by atoms with van der Waals surface area (Å²) in [5.41, 5.74) is 1.76. The van der Waals surface area contributed by atoms with Gasteiger partial charge in [0.1, 0.15) is 5.82 Å². The second kappa shape index (κ2) is 6.10. The van der Waals surface area contributed by atoms with Crippen molar-refractivity contribution >= 4 is 5.69 Å². The molecule has 1 aromatic carbocycles. The molecule has 1 unspecified atom stereocenters. The third-order valence-corrected chi connectivity index (χ3v) is 4.11. The van der Waals surface area contributed by atoms with Crippen LogP contribution in [0.3, 0.4) is 0 Å². The van der Waals surface area contributed by atoms with Crippen molar-refractivity contribution in [1.82, 2.24) is 5.32 Å². The van der Waals surface area contributed by atoms with E-state index in [-0.39, 0.29) is 11.9 Å². The van der Waals surface area contributed by atoms with E-state index in [1.54, 1.807) is 12.1 Å². The van der Waals surface area contributed by atoms with E-state index in [0.29, 0.717) is 6.04 Å². The quantitative estimate of drug-likeness (QED) is 0.866. The fourth-order valence-corrected chi connectivity index (χ4v) is 2.86. The van der Waals surface area contributed by atoms with Gasteiger partial charge in [0.25, 0.3) is 0 Å². The Hall–Kier alpha value is -1.13. The molecule has 20 heavy (non-hydrogen) atoms. The van der Waals surface area contributed by atoms with E-state index < -0.39 is 0 Å². The van der Waals surface area contributed by atoms with Gasteiger partial charge in [-0.05, 0) is 37.3 Å². The average Bonchev–Trinajstić information content (AvgIpc) is 3.13. The molecule has 1 saturated carbocycles. The first-order valence-electron chi connectivity index (χ1n) is 7.57. The molecule has 0 amide bonds. The number of ether oxygens (including phenoxy) is 1. The molecule has 0 spiro atoms. The van der Waals surface area contributed by atoms with Gasteiger partial charge in [0.05, 0.1) is 11.8 Å². The van der Waals surface area contributed by atoms with E-state index in [9.17, 15) is 4.39 Å². The Bertz CT molecular complexity index is 456. The summed E-state index contributed by atoms with van der Waals surface area (Å²) >= 11 is 0. The third-order valence-electron chi connectivity index (χ3n) is 4.11. The Labute approximate surface area is 120 Å². The molecule has 1 N–H and O–H groups in total. The number of likely N-dealkylation sites (N-methyl/N-ethyl adjacent to an activating group) is 1. The lowest BCUT2D eigenvalue weighted by Crippen LogP contribution is -2.30. The molecule has 3 nitrogen and oxygen atoms in total. The van der Waals surface area contributed by atoms with Crippen LogP contribution >= 0.6 is 0 Å². The van der Waals surface area contributed by atoms with Gasteiger partial charge in [-0.25, -0.2) is 4.39 Å². The number of rotatable bonds is 6. The number of para-hydroxylation sites is 1. The van der Waals surface area contributed by atoms with Crippen LogP contribution in [-0.4, -0.2) is 32.3 Å².